The topological polar surface area (TPSA) is 135 Å². The fourth-order valence-electron chi connectivity index (χ4n) is 8.53. The Morgan fingerprint density at radius 3 is 1.21 bits per heavy atom. The summed E-state index contributed by atoms with van der Waals surface area (Å²) in [5.74, 6) is -0.318. The minimum Gasteiger partial charge on any atom is -0.457 e. The monoisotopic (exact) mass is 1010 g/mol. The van der Waals surface area contributed by atoms with Crippen molar-refractivity contribution >= 4 is 5.97 Å². The van der Waals surface area contributed by atoms with Gasteiger partial charge in [-0.15, -0.1) is 0 Å². The highest BCUT2D eigenvalue weighted by molar-refractivity contribution is 5.69. The van der Waals surface area contributed by atoms with Crippen LogP contribution in [0.4, 0.5) is 0 Å². The summed E-state index contributed by atoms with van der Waals surface area (Å²) in [6.07, 6.45) is 67.4. The zero-order valence-corrected chi connectivity index (χ0v) is 45.9. The van der Waals surface area contributed by atoms with E-state index in [2.05, 4.69) is 111 Å². The number of aliphatic hydroxyl groups is 4. The van der Waals surface area contributed by atoms with Crippen molar-refractivity contribution in [3.05, 3.63) is 97.2 Å². The minimum absolute atomic E-state index is 0.119. The molecule has 9 heteroatoms. The number of allylic oxidation sites excluding steroid dienone is 16. The molecule has 1 heterocycles. The van der Waals surface area contributed by atoms with E-state index < -0.39 is 43.4 Å². The van der Waals surface area contributed by atoms with Gasteiger partial charge in [-0.3, -0.25) is 4.79 Å². The summed E-state index contributed by atoms with van der Waals surface area (Å²) in [4.78, 5) is 12.9. The van der Waals surface area contributed by atoms with Crippen LogP contribution < -0.4 is 0 Å². The lowest BCUT2D eigenvalue weighted by Gasteiger charge is -2.39. The summed E-state index contributed by atoms with van der Waals surface area (Å²) in [7, 11) is 0. The molecule has 0 aromatic rings. The molecular weight excluding hydrogens is 901 g/mol. The fraction of sp³-hybridized carbons (Fsp3) is 0.730. The van der Waals surface area contributed by atoms with Crippen molar-refractivity contribution < 1.29 is 44.2 Å². The highest BCUT2D eigenvalue weighted by Gasteiger charge is 2.44. The Labute approximate surface area is 441 Å². The molecule has 0 radical (unpaired) electrons. The zero-order valence-electron chi connectivity index (χ0n) is 45.9. The van der Waals surface area contributed by atoms with Crippen molar-refractivity contribution in [1.82, 2.24) is 0 Å². The average molecular weight is 1010 g/mol. The number of unbranched alkanes of at least 4 members (excludes halogenated alkanes) is 23. The average Bonchev–Trinajstić information content (AvgIpc) is 3.38. The smallest absolute Gasteiger partial charge is 0.306 e. The largest absolute Gasteiger partial charge is 0.457 e. The van der Waals surface area contributed by atoms with Crippen LogP contribution in [0.3, 0.4) is 0 Å². The third-order valence-corrected chi connectivity index (χ3v) is 13.0. The van der Waals surface area contributed by atoms with E-state index in [0.717, 1.165) is 83.5 Å². The van der Waals surface area contributed by atoms with Crippen molar-refractivity contribution in [3.8, 4) is 0 Å². The molecule has 72 heavy (non-hydrogen) atoms. The summed E-state index contributed by atoms with van der Waals surface area (Å²) < 4.78 is 23.0. The van der Waals surface area contributed by atoms with Crippen LogP contribution >= 0.6 is 0 Å². The van der Waals surface area contributed by atoms with E-state index in [9.17, 15) is 25.2 Å². The minimum atomic E-state index is -1.54. The van der Waals surface area contributed by atoms with Crippen LogP contribution in [-0.2, 0) is 23.7 Å². The molecule has 6 atom stereocenters. The molecule has 1 aliphatic heterocycles. The molecular formula is C63H108O9. The summed E-state index contributed by atoms with van der Waals surface area (Å²) in [5.41, 5.74) is 0. The molecule has 6 unspecified atom stereocenters. The van der Waals surface area contributed by atoms with Gasteiger partial charge in [0.2, 0.25) is 0 Å². The number of hydrogen-bond donors (Lipinski definition) is 4. The van der Waals surface area contributed by atoms with Crippen LogP contribution in [0.25, 0.3) is 0 Å². The van der Waals surface area contributed by atoms with Gasteiger partial charge in [0, 0.05) is 13.0 Å². The van der Waals surface area contributed by atoms with Crippen LogP contribution in [0, 0.1) is 0 Å². The van der Waals surface area contributed by atoms with Crippen LogP contribution in [-0.4, -0.2) is 89.6 Å². The summed E-state index contributed by atoms with van der Waals surface area (Å²) >= 11 is 0. The number of carbonyl (C=O) groups excluding carboxylic acids is 1. The fourth-order valence-corrected chi connectivity index (χ4v) is 8.53. The Morgan fingerprint density at radius 1 is 0.444 bits per heavy atom. The highest BCUT2D eigenvalue weighted by Crippen LogP contribution is 2.23. The number of carbonyl (C=O) groups is 1. The Balaban J connectivity index is 2.15. The Hall–Kier alpha value is -2.89. The Morgan fingerprint density at radius 2 is 0.806 bits per heavy atom. The first-order valence-corrected chi connectivity index (χ1v) is 29.3. The second-order valence-electron chi connectivity index (χ2n) is 19.7. The summed E-state index contributed by atoms with van der Waals surface area (Å²) in [6, 6.07) is 0. The first-order valence-electron chi connectivity index (χ1n) is 29.3. The van der Waals surface area contributed by atoms with Crippen molar-refractivity contribution in [1.29, 1.82) is 0 Å². The standard InChI is InChI=1S/C63H108O9/c1-3-5-7-9-11-13-15-17-19-21-23-25-27-29-30-32-34-36-38-40-42-44-46-48-50-52-59(65)71-57(56-70-63-62(68)61(67)60(66)58(54-64)72-63)55-69-53-51-49-47-45-43-41-39-37-35-33-31-28-26-24-22-20-18-16-14-12-10-8-6-4-2/h5-8,11-14,17-20,23-26,57-58,60-64,66-68H,3-4,9-10,15-16,21-22,27-56H2,1-2H3/b7-5-,8-6-,13-11-,14-12-,19-17-,20-18-,25-23-,26-24-. The maximum Gasteiger partial charge on any atom is 0.306 e. The quantitative estimate of drug-likeness (QED) is 0.0267. The predicted octanol–water partition coefficient (Wildman–Crippen LogP) is 15.5. The summed E-state index contributed by atoms with van der Waals surface area (Å²) in [5, 5.41) is 40.4. The lowest BCUT2D eigenvalue weighted by molar-refractivity contribution is -0.305. The van der Waals surface area contributed by atoms with Gasteiger partial charge in [-0.1, -0.05) is 233 Å². The lowest BCUT2D eigenvalue weighted by atomic mass is 9.99. The third kappa shape index (κ3) is 42.5. The predicted molar refractivity (Wildman–Crippen MR) is 302 cm³/mol. The van der Waals surface area contributed by atoms with Crippen molar-refractivity contribution in [2.45, 2.75) is 269 Å². The molecule has 0 amide bonds. The highest BCUT2D eigenvalue weighted by atomic mass is 16.7. The molecule has 0 bridgehead atoms. The van der Waals surface area contributed by atoms with E-state index in [0.29, 0.717) is 13.0 Å². The van der Waals surface area contributed by atoms with Gasteiger partial charge in [0.05, 0.1) is 19.8 Å². The molecule has 0 spiro atoms. The molecule has 0 aromatic carbocycles. The molecule has 1 fully saturated rings. The third-order valence-electron chi connectivity index (χ3n) is 13.0. The van der Waals surface area contributed by atoms with Crippen LogP contribution in [0.5, 0.6) is 0 Å². The molecule has 1 rings (SSSR count). The van der Waals surface area contributed by atoms with Crippen LogP contribution in [0.2, 0.25) is 0 Å². The Kier molecular flexibility index (Phi) is 49.4. The number of hydrogen-bond acceptors (Lipinski definition) is 9. The van der Waals surface area contributed by atoms with E-state index >= 15 is 0 Å². The second kappa shape index (κ2) is 53.0. The second-order valence-corrected chi connectivity index (χ2v) is 19.7. The normalized spacial score (nSPS) is 19.4. The van der Waals surface area contributed by atoms with Crippen molar-refractivity contribution in [3.63, 3.8) is 0 Å². The maximum absolute atomic E-state index is 12.9. The molecule has 0 saturated carbocycles. The zero-order chi connectivity index (χ0) is 52.1. The van der Waals surface area contributed by atoms with E-state index in [4.69, 9.17) is 18.9 Å². The van der Waals surface area contributed by atoms with Gasteiger partial charge in [-0.05, 0) is 89.9 Å². The summed E-state index contributed by atoms with van der Waals surface area (Å²) in [6.45, 7) is 4.34. The maximum atomic E-state index is 12.9. The first kappa shape index (κ1) is 67.1. The van der Waals surface area contributed by atoms with Gasteiger partial charge in [0.25, 0.3) is 0 Å². The van der Waals surface area contributed by atoms with Crippen molar-refractivity contribution in [2.24, 2.45) is 0 Å². The molecule has 414 valence electrons. The number of ether oxygens (including phenoxy) is 4. The molecule has 0 aliphatic carbocycles. The Bertz CT molecular complexity index is 1430. The van der Waals surface area contributed by atoms with Crippen LogP contribution in [0.15, 0.2) is 97.2 Å². The van der Waals surface area contributed by atoms with Gasteiger partial charge < -0.3 is 39.4 Å². The number of rotatable bonds is 50. The van der Waals surface area contributed by atoms with Gasteiger partial charge in [-0.25, -0.2) is 0 Å². The van der Waals surface area contributed by atoms with Gasteiger partial charge in [-0.2, -0.15) is 0 Å². The van der Waals surface area contributed by atoms with Gasteiger partial charge in [0.1, 0.15) is 30.5 Å². The van der Waals surface area contributed by atoms with E-state index in [1.165, 1.54) is 128 Å². The number of esters is 1. The molecule has 1 aliphatic rings. The van der Waals surface area contributed by atoms with E-state index in [1.807, 2.05) is 0 Å². The molecule has 9 nitrogen and oxygen atoms in total. The first-order chi connectivity index (χ1) is 35.4. The molecule has 1 saturated heterocycles. The van der Waals surface area contributed by atoms with Gasteiger partial charge in [0.15, 0.2) is 6.29 Å². The van der Waals surface area contributed by atoms with E-state index in [1.54, 1.807) is 0 Å². The molecule has 4 N–H and O–H groups in total. The SMILES string of the molecule is CC/C=C\C/C=C\C/C=C\C/C=C\CCCCCCCCCCCCCCC(=O)OC(COCCCCCCCCCCCCC/C=C\C/C=C\C/C=C\C/C=C\CC)COC1OC(CO)C(O)C(O)C1O. The van der Waals surface area contributed by atoms with Crippen LogP contribution in [0.1, 0.15) is 232 Å². The van der Waals surface area contributed by atoms with Crippen molar-refractivity contribution in [2.75, 3.05) is 26.4 Å². The van der Waals surface area contributed by atoms with E-state index in [-0.39, 0.29) is 19.2 Å². The van der Waals surface area contributed by atoms with Gasteiger partial charge >= 0.3 is 5.97 Å². The number of aliphatic hydroxyl groups excluding tert-OH is 4. The lowest BCUT2D eigenvalue weighted by Crippen LogP contribution is -2.59. The molecule has 0 aromatic heterocycles.